The van der Waals surface area contributed by atoms with Gasteiger partial charge in [-0.1, -0.05) is 15.9 Å². The molecular weight excluding hydrogens is 586 g/mol. The number of benzene rings is 2. The number of nitrogens with zero attached hydrogens (tertiary/aromatic N) is 1. The molecule has 0 aliphatic carbocycles. The molecule has 2 N–H and O–H groups in total. The molecule has 1 fully saturated rings. The summed E-state index contributed by atoms with van der Waals surface area (Å²) in [5, 5.41) is 5.47. The maximum absolute atomic E-state index is 12.7. The summed E-state index contributed by atoms with van der Waals surface area (Å²) in [5.41, 5.74) is 1.41. The van der Waals surface area contributed by atoms with E-state index in [9.17, 15) is 13.2 Å². The third kappa shape index (κ3) is 6.49. The van der Waals surface area contributed by atoms with Gasteiger partial charge in [0.15, 0.2) is 11.7 Å². The number of amides is 1. The van der Waals surface area contributed by atoms with E-state index in [4.69, 9.17) is 21.7 Å². The number of nitrogens with one attached hydrogen (secondary N) is 2. The molecule has 2 aromatic rings. The lowest BCUT2D eigenvalue weighted by atomic mass is 10.2. The van der Waals surface area contributed by atoms with Gasteiger partial charge in [0.25, 0.3) is 5.91 Å². The highest BCUT2D eigenvalue weighted by Gasteiger charge is 2.26. The van der Waals surface area contributed by atoms with Crippen molar-refractivity contribution in [2.24, 2.45) is 0 Å². The third-order valence-electron chi connectivity index (χ3n) is 4.51. The van der Waals surface area contributed by atoms with Crippen LogP contribution in [0.3, 0.4) is 0 Å². The van der Waals surface area contributed by atoms with Crippen molar-refractivity contribution >= 4 is 70.8 Å². The van der Waals surface area contributed by atoms with Crippen LogP contribution in [0.5, 0.6) is 5.75 Å². The van der Waals surface area contributed by atoms with E-state index in [0.717, 1.165) is 14.5 Å². The average molecular weight is 607 g/mol. The van der Waals surface area contributed by atoms with Crippen molar-refractivity contribution in [2.75, 3.05) is 38.2 Å². The number of morpholine rings is 1. The molecule has 8 nitrogen and oxygen atoms in total. The highest BCUT2D eigenvalue weighted by atomic mass is 79.9. The van der Waals surface area contributed by atoms with Crippen molar-refractivity contribution in [2.45, 2.75) is 11.8 Å². The molecule has 1 aliphatic heterocycles. The third-order valence-corrected chi connectivity index (χ3v) is 7.68. The Morgan fingerprint density at radius 2 is 1.84 bits per heavy atom. The topological polar surface area (TPSA) is 97.0 Å². The molecule has 3 rings (SSSR count). The van der Waals surface area contributed by atoms with E-state index in [1.165, 1.54) is 16.4 Å². The predicted molar refractivity (Wildman–Crippen MR) is 132 cm³/mol. The van der Waals surface area contributed by atoms with Crippen LogP contribution in [0, 0.1) is 6.92 Å². The highest BCUT2D eigenvalue weighted by Crippen LogP contribution is 2.32. The molecule has 1 amide bonds. The zero-order valence-electron chi connectivity index (χ0n) is 17.1. The molecule has 0 unspecified atom stereocenters. The van der Waals surface area contributed by atoms with Crippen molar-refractivity contribution in [3.8, 4) is 5.75 Å². The van der Waals surface area contributed by atoms with E-state index in [2.05, 4.69) is 42.5 Å². The maximum atomic E-state index is 12.7. The van der Waals surface area contributed by atoms with Crippen LogP contribution in [0.2, 0.25) is 0 Å². The number of thiocarbonyl (C=S) groups is 1. The molecule has 0 bridgehead atoms. The molecule has 12 heteroatoms. The van der Waals surface area contributed by atoms with Gasteiger partial charge in [-0.05, 0) is 77.0 Å². The molecule has 2 aromatic carbocycles. The molecule has 1 saturated heterocycles. The second-order valence-electron chi connectivity index (χ2n) is 6.87. The van der Waals surface area contributed by atoms with Crippen LogP contribution in [-0.2, 0) is 19.6 Å². The predicted octanol–water partition coefficient (Wildman–Crippen LogP) is 3.43. The number of sulfonamides is 1. The van der Waals surface area contributed by atoms with E-state index in [1.54, 1.807) is 12.1 Å². The van der Waals surface area contributed by atoms with Crippen LogP contribution < -0.4 is 15.4 Å². The number of ether oxygens (including phenoxy) is 2. The minimum atomic E-state index is -3.57. The van der Waals surface area contributed by atoms with E-state index in [0.29, 0.717) is 37.7 Å². The van der Waals surface area contributed by atoms with Gasteiger partial charge in [-0.3, -0.25) is 10.1 Å². The molecule has 172 valence electrons. The van der Waals surface area contributed by atoms with Gasteiger partial charge in [-0.25, -0.2) is 8.42 Å². The summed E-state index contributed by atoms with van der Waals surface area (Å²) in [5.74, 6) is 0.141. The lowest BCUT2D eigenvalue weighted by molar-refractivity contribution is -0.121. The Kier molecular flexibility index (Phi) is 8.64. The van der Waals surface area contributed by atoms with E-state index < -0.39 is 15.9 Å². The van der Waals surface area contributed by atoms with E-state index in [-0.39, 0.29) is 16.6 Å². The van der Waals surface area contributed by atoms with Gasteiger partial charge >= 0.3 is 0 Å². The summed E-state index contributed by atoms with van der Waals surface area (Å²) < 4.78 is 39.2. The second-order valence-corrected chi connectivity index (χ2v) is 11.0. The first-order valence-electron chi connectivity index (χ1n) is 9.54. The Morgan fingerprint density at radius 3 is 2.47 bits per heavy atom. The monoisotopic (exact) mass is 605 g/mol. The van der Waals surface area contributed by atoms with Gasteiger partial charge in [0, 0.05) is 23.2 Å². The van der Waals surface area contributed by atoms with Crippen molar-refractivity contribution in [1.29, 1.82) is 0 Å². The molecule has 32 heavy (non-hydrogen) atoms. The Labute approximate surface area is 209 Å². The number of halogens is 2. The van der Waals surface area contributed by atoms with Gasteiger partial charge in [-0.2, -0.15) is 4.31 Å². The van der Waals surface area contributed by atoms with Crippen molar-refractivity contribution in [3.05, 3.63) is 50.9 Å². The molecule has 1 heterocycles. The number of carbonyl (C=O) groups excluding carboxylic acids is 1. The number of aryl methyl sites for hydroxylation is 1. The molecule has 0 saturated carbocycles. The first-order valence-corrected chi connectivity index (χ1v) is 13.0. The number of hydrogen-bond donors (Lipinski definition) is 2. The van der Waals surface area contributed by atoms with Gasteiger partial charge < -0.3 is 14.8 Å². The van der Waals surface area contributed by atoms with Crippen LogP contribution in [0.4, 0.5) is 5.69 Å². The molecular formula is C20H21Br2N3O5S2. The Morgan fingerprint density at radius 1 is 1.19 bits per heavy atom. The standard InChI is InChI=1S/C20H21Br2N3O5S2/c1-13-10-14(21)11-17(22)19(13)30-12-18(26)24-20(31)23-15-2-4-16(5-3-15)32(27,28)25-6-8-29-9-7-25/h2-5,10-11H,6-9,12H2,1H3,(H2,23,24,26,31). The van der Waals surface area contributed by atoms with E-state index in [1.807, 2.05) is 19.1 Å². The van der Waals surface area contributed by atoms with Gasteiger partial charge in [0.05, 0.1) is 22.6 Å². The van der Waals surface area contributed by atoms with Crippen LogP contribution in [0.1, 0.15) is 5.56 Å². The van der Waals surface area contributed by atoms with Crippen molar-refractivity contribution in [1.82, 2.24) is 9.62 Å². The van der Waals surface area contributed by atoms with Crippen LogP contribution in [0.15, 0.2) is 50.2 Å². The normalized spacial score (nSPS) is 14.6. The zero-order chi connectivity index (χ0) is 23.3. The first-order chi connectivity index (χ1) is 15.2. The molecule has 1 aliphatic rings. The summed E-state index contributed by atoms with van der Waals surface area (Å²) in [7, 11) is -3.57. The first kappa shape index (κ1) is 25.1. The van der Waals surface area contributed by atoms with Crippen molar-refractivity contribution < 1.29 is 22.7 Å². The van der Waals surface area contributed by atoms with Crippen LogP contribution in [0.25, 0.3) is 0 Å². The lowest BCUT2D eigenvalue weighted by Gasteiger charge is -2.26. The Balaban J connectivity index is 1.53. The van der Waals surface area contributed by atoms with Gasteiger partial charge in [-0.15, -0.1) is 0 Å². The minimum Gasteiger partial charge on any atom is -0.482 e. The Hall–Kier alpha value is -1.57. The van der Waals surface area contributed by atoms with Crippen LogP contribution in [-0.4, -0.2) is 56.7 Å². The summed E-state index contributed by atoms with van der Waals surface area (Å²) in [6.07, 6.45) is 0. The number of hydrogen-bond acceptors (Lipinski definition) is 6. The second kappa shape index (κ2) is 11.0. The summed E-state index contributed by atoms with van der Waals surface area (Å²) in [6.45, 7) is 3.08. The highest BCUT2D eigenvalue weighted by molar-refractivity contribution is 9.11. The van der Waals surface area contributed by atoms with Crippen LogP contribution >= 0.6 is 44.1 Å². The zero-order valence-corrected chi connectivity index (χ0v) is 21.9. The largest absolute Gasteiger partial charge is 0.482 e. The average Bonchev–Trinajstić information content (AvgIpc) is 2.74. The lowest BCUT2D eigenvalue weighted by Crippen LogP contribution is -2.40. The summed E-state index contributed by atoms with van der Waals surface area (Å²) in [6, 6.07) is 9.88. The quantitative estimate of drug-likeness (QED) is 0.486. The fraction of sp³-hybridized carbons (Fsp3) is 0.300. The molecule has 0 spiro atoms. The maximum Gasteiger partial charge on any atom is 0.264 e. The smallest absolute Gasteiger partial charge is 0.264 e. The fourth-order valence-corrected chi connectivity index (χ4v) is 6.17. The molecule has 0 radical (unpaired) electrons. The summed E-state index contributed by atoms with van der Waals surface area (Å²) in [4.78, 5) is 12.4. The number of rotatable bonds is 6. The molecule has 0 atom stereocenters. The SMILES string of the molecule is Cc1cc(Br)cc(Br)c1OCC(=O)NC(=S)Nc1ccc(S(=O)(=O)N2CCOCC2)cc1. The summed E-state index contributed by atoms with van der Waals surface area (Å²) >= 11 is 12.0. The fourth-order valence-electron chi connectivity index (χ4n) is 2.98. The minimum absolute atomic E-state index is 0.0778. The van der Waals surface area contributed by atoms with Gasteiger partial charge in [0.2, 0.25) is 10.0 Å². The van der Waals surface area contributed by atoms with Gasteiger partial charge in [0.1, 0.15) is 5.75 Å². The van der Waals surface area contributed by atoms with E-state index >= 15 is 0 Å². The number of anilines is 1. The molecule has 0 aromatic heterocycles. The number of carbonyl (C=O) groups is 1. The Bertz CT molecular complexity index is 1080. The van der Waals surface area contributed by atoms with Crippen molar-refractivity contribution in [3.63, 3.8) is 0 Å².